The molecule has 2 aromatic rings. The Bertz CT molecular complexity index is 995. The smallest absolute Gasteiger partial charge is 0.270 e. The van der Waals surface area contributed by atoms with E-state index in [1.165, 1.54) is 6.07 Å². The number of pyridine rings is 1. The third-order valence-corrected chi connectivity index (χ3v) is 5.31. The highest BCUT2D eigenvalue weighted by atomic mass is 16.2. The number of carbonyl (C=O) groups is 2. The number of nitrogens with zero attached hydrogens (tertiary/aromatic N) is 2. The van der Waals surface area contributed by atoms with Crippen molar-refractivity contribution in [2.75, 3.05) is 13.1 Å². The van der Waals surface area contributed by atoms with Gasteiger partial charge in [0.1, 0.15) is 5.69 Å². The van der Waals surface area contributed by atoms with E-state index in [9.17, 15) is 14.4 Å². The van der Waals surface area contributed by atoms with Crippen molar-refractivity contribution in [2.45, 2.75) is 6.54 Å². The monoisotopic (exact) mass is 362 g/mol. The molecule has 7 nitrogen and oxygen atoms in total. The van der Waals surface area contributed by atoms with E-state index in [-0.39, 0.29) is 40.8 Å². The summed E-state index contributed by atoms with van der Waals surface area (Å²) < 4.78 is 0. The number of nitrogens with one attached hydrogen (secondary N) is 2. The predicted octanol–water partition coefficient (Wildman–Crippen LogP) is 0.881. The van der Waals surface area contributed by atoms with E-state index in [0.717, 1.165) is 5.56 Å². The van der Waals surface area contributed by atoms with Gasteiger partial charge in [-0.1, -0.05) is 18.2 Å². The van der Waals surface area contributed by atoms with Gasteiger partial charge >= 0.3 is 0 Å². The Kier molecular flexibility index (Phi) is 4.24. The summed E-state index contributed by atoms with van der Waals surface area (Å²) in [7, 11) is 0. The van der Waals surface area contributed by atoms with Crippen LogP contribution in [0.4, 0.5) is 0 Å². The van der Waals surface area contributed by atoms with Gasteiger partial charge in [0.2, 0.25) is 11.5 Å². The zero-order chi connectivity index (χ0) is 19.0. The fraction of sp³-hybridized carbons (Fsp3) is 0.300. The molecule has 136 valence electrons. The summed E-state index contributed by atoms with van der Waals surface area (Å²) in [5.41, 5.74) is 1.43. The van der Waals surface area contributed by atoms with Crippen molar-refractivity contribution in [1.82, 2.24) is 15.2 Å². The lowest BCUT2D eigenvalue weighted by Gasteiger charge is -2.19. The van der Waals surface area contributed by atoms with Crippen molar-refractivity contribution in [3.8, 4) is 6.07 Å². The van der Waals surface area contributed by atoms with Crippen molar-refractivity contribution in [1.29, 1.82) is 5.26 Å². The minimum atomic E-state index is -0.303. The van der Waals surface area contributed by atoms with Gasteiger partial charge in [0.25, 0.3) is 5.91 Å². The number of rotatable bonds is 4. The van der Waals surface area contributed by atoms with Crippen LogP contribution in [0.2, 0.25) is 0 Å². The number of hydrogen-bond acceptors (Lipinski definition) is 4. The van der Waals surface area contributed by atoms with Crippen LogP contribution in [0.3, 0.4) is 0 Å². The zero-order valence-electron chi connectivity index (χ0n) is 14.5. The number of hydrogen-bond donors (Lipinski definition) is 2. The Labute approximate surface area is 155 Å². The first-order chi connectivity index (χ1) is 13.1. The average molecular weight is 362 g/mol. The fourth-order valence-electron chi connectivity index (χ4n) is 3.88. The Balaban J connectivity index is 1.30. The molecule has 27 heavy (non-hydrogen) atoms. The number of aromatic amines is 1. The number of likely N-dealkylation sites (tertiary alicyclic amines) is 1. The van der Waals surface area contributed by atoms with Crippen LogP contribution in [-0.4, -0.2) is 34.8 Å². The summed E-state index contributed by atoms with van der Waals surface area (Å²) in [6.45, 7) is 1.45. The van der Waals surface area contributed by atoms with E-state index in [1.807, 2.05) is 6.07 Å². The van der Waals surface area contributed by atoms with Crippen LogP contribution in [0.15, 0.2) is 47.3 Å². The minimum Gasteiger partial charge on any atom is -0.352 e. The predicted molar refractivity (Wildman–Crippen MR) is 96.4 cm³/mol. The van der Waals surface area contributed by atoms with E-state index < -0.39 is 0 Å². The molecule has 2 fully saturated rings. The molecule has 0 bridgehead atoms. The molecule has 7 heteroatoms. The van der Waals surface area contributed by atoms with Crippen LogP contribution in [-0.2, 0) is 11.3 Å². The van der Waals surface area contributed by atoms with Crippen molar-refractivity contribution < 1.29 is 9.59 Å². The lowest BCUT2D eigenvalue weighted by atomic mass is 10.1. The highest BCUT2D eigenvalue weighted by molar-refractivity contribution is 5.93. The van der Waals surface area contributed by atoms with Gasteiger partial charge in [0, 0.05) is 31.6 Å². The molecule has 1 saturated carbocycles. The maximum atomic E-state index is 12.4. The summed E-state index contributed by atoms with van der Waals surface area (Å²) in [5.74, 6) is 0.0765. The second-order valence-electron chi connectivity index (χ2n) is 7.02. The molecular formula is C20H18N4O3. The molecule has 0 radical (unpaired) electrons. The van der Waals surface area contributed by atoms with E-state index in [2.05, 4.69) is 16.4 Å². The van der Waals surface area contributed by atoms with Crippen LogP contribution >= 0.6 is 0 Å². The zero-order valence-corrected chi connectivity index (χ0v) is 14.5. The van der Waals surface area contributed by atoms with Gasteiger partial charge in [0.15, 0.2) is 0 Å². The normalized spacial score (nSPS) is 22.6. The van der Waals surface area contributed by atoms with Crippen molar-refractivity contribution in [3.63, 3.8) is 0 Å². The molecule has 1 aromatic carbocycles. The minimum absolute atomic E-state index is 0.00687. The molecule has 1 aromatic heterocycles. The number of nitriles is 1. The Morgan fingerprint density at radius 1 is 1.19 bits per heavy atom. The molecule has 2 N–H and O–H groups in total. The van der Waals surface area contributed by atoms with Crippen molar-refractivity contribution in [2.24, 2.45) is 17.8 Å². The molecule has 2 heterocycles. The van der Waals surface area contributed by atoms with Crippen LogP contribution < -0.4 is 10.9 Å². The van der Waals surface area contributed by atoms with Gasteiger partial charge in [-0.15, -0.1) is 0 Å². The van der Waals surface area contributed by atoms with Gasteiger partial charge in [-0.3, -0.25) is 14.4 Å². The van der Waals surface area contributed by atoms with Gasteiger partial charge in [0.05, 0.1) is 11.6 Å². The van der Waals surface area contributed by atoms with E-state index in [1.54, 1.807) is 35.2 Å². The number of aromatic nitrogens is 1. The van der Waals surface area contributed by atoms with Crippen LogP contribution in [0.5, 0.6) is 0 Å². The summed E-state index contributed by atoms with van der Waals surface area (Å²) >= 11 is 0. The average Bonchev–Trinajstić information content (AvgIpc) is 3.19. The molecule has 1 saturated heterocycles. The molecule has 1 aliphatic heterocycles. The second kappa shape index (κ2) is 6.72. The number of fused-ring (bicyclic) bond motifs is 1. The number of H-pyrrole nitrogens is 1. The molecule has 4 rings (SSSR count). The Morgan fingerprint density at radius 3 is 2.63 bits per heavy atom. The van der Waals surface area contributed by atoms with Gasteiger partial charge < -0.3 is 15.2 Å². The largest absolute Gasteiger partial charge is 0.352 e. The SMILES string of the molecule is N#Cc1cccc(CNC(=O)C2[C@H]3CN(C(=O)c4cccc(=O)[nH]4)C[C@H]23)c1. The summed E-state index contributed by atoms with van der Waals surface area (Å²) in [5, 5.41) is 11.8. The fourth-order valence-corrected chi connectivity index (χ4v) is 3.88. The van der Waals surface area contributed by atoms with Gasteiger partial charge in [-0.2, -0.15) is 5.26 Å². The van der Waals surface area contributed by atoms with Crippen molar-refractivity contribution in [3.05, 3.63) is 69.6 Å². The highest BCUT2D eigenvalue weighted by Crippen LogP contribution is 2.51. The first-order valence-corrected chi connectivity index (χ1v) is 8.82. The molecule has 2 atom stereocenters. The highest BCUT2D eigenvalue weighted by Gasteiger charge is 2.60. The van der Waals surface area contributed by atoms with Crippen LogP contribution in [0, 0.1) is 29.1 Å². The maximum Gasteiger partial charge on any atom is 0.270 e. The van der Waals surface area contributed by atoms with Crippen LogP contribution in [0.1, 0.15) is 21.6 Å². The third-order valence-electron chi connectivity index (χ3n) is 5.31. The first-order valence-electron chi connectivity index (χ1n) is 8.82. The molecule has 1 aliphatic carbocycles. The quantitative estimate of drug-likeness (QED) is 0.842. The molecule has 0 spiro atoms. The summed E-state index contributed by atoms with van der Waals surface area (Å²) in [6.07, 6.45) is 0. The maximum absolute atomic E-state index is 12.4. The molecule has 0 unspecified atom stereocenters. The Morgan fingerprint density at radius 2 is 1.93 bits per heavy atom. The van der Waals surface area contributed by atoms with Gasteiger partial charge in [-0.05, 0) is 35.6 Å². The topological polar surface area (TPSA) is 106 Å². The van der Waals surface area contributed by atoms with Gasteiger partial charge in [-0.25, -0.2) is 0 Å². The third kappa shape index (κ3) is 3.34. The standard InChI is InChI=1S/C20H18N4O3/c21-8-12-3-1-4-13(7-12)9-22-19(26)18-14-10-24(11-15(14)18)20(27)16-5-2-6-17(25)23-16/h1-7,14-15,18H,9-11H2,(H,22,26)(H,23,25)/t14-,15-/m0/s1. The molecule has 2 aliphatic rings. The van der Waals surface area contributed by atoms with E-state index >= 15 is 0 Å². The van der Waals surface area contributed by atoms with E-state index in [0.29, 0.717) is 25.2 Å². The molecule has 2 amide bonds. The number of amides is 2. The second-order valence-corrected chi connectivity index (χ2v) is 7.02. The number of benzene rings is 1. The summed E-state index contributed by atoms with van der Waals surface area (Å²) in [6, 6.07) is 13.7. The van der Waals surface area contributed by atoms with E-state index in [4.69, 9.17) is 5.26 Å². The summed E-state index contributed by atoms with van der Waals surface area (Å²) in [4.78, 5) is 40.5. The van der Waals surface area contributed by atoms with Crippen LogP contribution in [0.25, 0.3) is 0 Å². The van der Waals surface area contributed by atoms with Crippen molar-refractivity contribution >= 4 is 11.8 Å². The first kappa shape index (κ1) is 17.0. The number of carbonyl (C=O) groups excluding carboxylic acids is 2. The number of piperidine rings is 1. The molecular weight excluding hydrogens is 344 g/mol. The Hall–Kier alpha value is -3.40. The lowest BCUT2D eigenvalue weighted by Crippen LogP contribution is -2.35. The lowest BCUT2D eigenvalue weighted by molar-refractivity contribution is -0.123.